The fourth-order valence-electron chi connectivity index (χ4n) is 2.61. The van der Waals surface area contributed by atoms with Gasteiger partial charge in [0.2, 0.25) is 0 Å². The van der Waals surface area contributed by atoms with Gasteiger partial charge in [0.05, 0.1) is 26.0 Å². The molecule has 0 saturated carbocycles. The summed E-state index contributed by atoms with van der Waals surface area (Å²) in [5, 5.41) is 7.18. The van der Waals surface area contributed by atoms with E-state index in [4.69, 9.17) is 26.4 Å². The number of benzene rings is 3. The van der Waals surface area contributed by atoms with Crippen LogP contribution in [-0.4, -0.2) is 31.5 Å². The third kappa shape index (κ3) is 6.26. The van der Waals surface area contributed by atoms with Crippen LogP contribution in [0, 0.1) is 5.82 Å². The number of anilines is 1. The quantitative estimate of drug-likeness (QED) is 0.181. The van der Waals surface area contributed by atoms with Crippen molar-refractivity contribution in [2.45, 2.75) is 0 Å². The van der Waals surface area contributed by atoms with Crippen molar-refractivity contribution in [1.29, 1.82) is 0 Å². The van der Waals surface area contributed by atoms with E-state index in [1.54, 1.807) is 60.8 Å². The molecule has 0 aliphatic carbocycles. The SMILES string of the molecule is COc1ccc(C(=O)Oc2ccc(/C=N\NC(=S)Nc3ccc(F)cc3)cc2)cc1OC. The summed E-state index contributed by atoms with van der Waals surface area (Å²) in [4.78, 5) is 12.4. The minimum absolute atomic E-state index is 0.258. The standard InChI is InChI=1S/C23H20FN3O4S/c1-29-20-12-5-16(13-21(20)30-2)22(28)31-19-10-3-15(4-11-19)14-25-27-23(32)26-18-8-6-17(24)7-9-18/h3-14H,1-2H3,(H2,26,27,32)/b25-14-. The van der Waals surface area contributed by atoms with E-state index in [1.807, 2.05) is 0 Å². The Kier molecular flexibility index (Phi) is 7.71. The number of hydrazone groups is 1. The molecule has 164 valence electrons. The van der Waals surface area contributed by atoms with Gasteiger partial charge in [-0.25, -0.2) is 9.18 Å². The smallest absolute Gasteiger partial charge is 0.343 e. The molecule has 0 spiro atoms. The zero-order chi connectivity index (χ0) is 22.9. The summed E-state index contributed by atoms with van der Waals surface area (Å²) in [6, 6.07) is 17.3. The second-order valence-electron chi connectivity index (χ2n) is 6.36. The maximum absolute atomic E-state index is 12.9. The van der Waals surface area contributed by atoms with E-state index >= 15 is 0 Å². The summed E-state index contributed by atoms with van der Waals surface area (Å²) >= 11 is 5.13. The normalized spacial score (nSPS) is 10.5. The summed E-state index contributed by atoms with van der Waals surface area (Å²) in [7, 11) is 3.01. The number of methoxy groups -OCH3 is 2. The minimum Gasteiger partial charge on any atom is -0.493 e. The summed E-state index contributed by atoms with van der Waals surface area (Å²) in [5.41, 5.74) is 4.40. The number of ether oxygens (including phenoxy) is 3. The Morgan fingerprint density at radius 2 is 1.66 bits per heavy atom. The molecule has 2 N–H and O–H groups in total. The first-order valence-electron chi connectivity index (χ1n) is 9.38. The first-order valence-corrected chi connectivity index (χ1v) is 9.79. The van der Waals surface area contributed by atoms with Gasteiger partial charge in [-0.3, -0.25) is 5.43 Å². The van der Waals surface area contributed by atoms with Gasteiger partial charge in [-0.2, -0.15) is 5.10 Å². The van der Waals surface area contributed by atoms with Crippen molar-refractivity contribution in [3.05, 3.63) is 83.7 Å². The zero-order valence-corrected chi connectivity index (χ0v) is 18.1. The summed E-state index contributed by atoms with van der Waals surface area (Å²) < 4.78 is 28.7. The Balaban J connectivity index is 1.53. The lowest BCUT2D eigenvalue weighted by Crippen LogP contribution is -2.23. The summed E-state index contributed by atoms with van der Waals surface area (Å²) in [6.45, 7) is 0. The fourth-order valence-corrected chi connectivity index (χ4v) is 2.78. The molecule has 0 saturated heterocycles. The van der Waals surface area contributed by atoms with Crippen LogP contribution in [0.4, 0.5) is 10.1 Å². The van der Waals surface area contributed by atoms with Crippen LogP contribution < -0.4 is 25.0 Å². The first kappa shape index (κ1) is 22.7. The molecule has 0 aromatic heterocycles. The van der Waals surface area contributed by atoms with Crippen LogP contribution >= 0.6 is 12.2 Å². The molecule has 0 radical (unpaired) electrons. The predicted molar refractivity (Wildman–Crippen MR) is 124 cm³/mol. The van der Waals surface area contributed by atoms with E-state index in [9.17, 15) is 9.18 Å². The molecular formula is C23H20FN3O4S. The van der Waals surface area contributed by atoms with Crippen molar-refractivity contribution in [3.8, 4) is 17.2 Å². The lowest BCUT2D eigenvalue weighted by molar-refractivity contribution is 0.0734. The molecule has 0 heterocycles. The van der Waals surface area contributed by atoms with Crippen LogP contribution in [0.2, 0.25) is 0 Å². The van der Waals surface area contributed by atoms with Crippen LogP contribution in [0.1, 0.15) is 15.9 Å². The van der Waals surface area contributed by atoms with Crippen molar-refractivity contribution in [3.63, 3.8) is 0 Å². The largest absolute Gasteiger partial charge is 0.493 e. The molecule has 3 aromatic rings. The molecule has 9 heteroatoms. The van der Waals surface area contributed by atoms with Gasteiger partial charge in [0.15, 0.2) is 16.6 Å². The second-order valence-corrected chi connectivity index (χ2v) is 6.77. The van der Waals surface area contributed by atoms with Crippen LogP contribution in [0.25, 0.3) is 0 Å². The van der Waals surface area contributed by atoms with Gasteiger partial charge < -0.3 is 19.5 Å². The van der Waals surface area contributed by atoms with Crippen LogP contribution in [0.15, 0.2) is 71.8 Å². The molecule has 0 atom stereocenters. The average molecular weight is 453 g/mol. The number of nitrogens with zero attached hydrogens (tertiary/aromatic N) is 1. The van der Waals surface area contributed by atoms with Crippen LogP contribution in [0.3, 0.4) is 0 Å². The highest BCUT2D eigenvalue weighted by Crippen LogP contribution is 2.28. The highest BCUT2D eigenvalue weighted by molar-refractivity contribution is 7.80. The number of esters is 1. The van der Waals surface area contributed by atoms with Crippen molar-refractivity contribution in [2.75, 3.05) is 19.5 Å². The highest BCUT2D eigenvalue weighted by atomic mass is 32.1. The van der Waals surface area contributed by atoms with Gasteiger partial charge in [0, 0.05) is 5.69 Å². The number of hydrogen-bond donors (Lipinski definition) is 2. The van der Waals surface area contributed by atoms with Crippen LogP contribution in [-0.2, 0) is 0 Å². The van der Waals surface area contributed by atoms with Gasteiger partial charge in [0.25, 0.3) is 0 Å². The zero-order valence-electron chi connectivity index (χ0n) is 17.3. The number of nitrogens with one attached hydrogen (secondary N) is 2. The highest BCUT2D eigenvalue weighted by Gasteiger charge is 2.12. The molecule has 32 heavy (non-hydrogen) atoms. The van der Waals surface area contributed by atoms with Gasteiger partial charge in [-0.1, -0.05) is 0 Å². The molecule has 0 aliphatic rings. The first-order chi connectivity index (χ1) is 15.5. The minimum atomic E-state index is -0.522. The number of rotatable bonds is 7. The molecule has 0 aliphatic heterocycles. The lowest BCUT2D eigenvalue weighted by Gasteiger charge is -2.09. The van der Waals surface area contributed by atoms with E-state index in [1.165, 1.54) is 26.4 Å². The molecule has 7 nitrogen and oxygen atoms in total. The molecular weight excluding hydrogens is 433 g/mol. The monoisotopic (exact) mass is 453 g/mol. The number of carbonyl (C=O) groups is 1. The maximum Gasteiger partial charge on any atom is 0.343 e. The molecule has 3 aromatic carbocycles. The van der Waals surface area contributed by atoms with E-state index in [0.29, 0.717) is 28.5 Å². The van der Waals surface area contributed by atoms with Crippen LogP contribution in [0.5, 0.6) is 17.2 Å². The topological polar surface area (TPSA) is 81.2 Å². The number of carbonyl (C=O) groups excluding carboxylic acids is 1. The van der Waals surface area contributed by atoms with Crippen molar-refractivity contribution in [2.24, 2.45) is 5.10 Å². The van der Waals surface area contributed by atoms with Crippen molar-refractivity contribution >= 4 is 35.2 Å². The van der Waals surface area contributed by atoms with E-state index in [2.05, 4.69) is 15.8 Å². The molecule has 0 bridgehead atoms. The molecule has 0 amide bonds. The number of hydrogen-bond acceptors (Lipinski definition) is 6. The Morgan fingerprint density at radius 3 is 2.31 bits per heavy atom. The van der Waals surface area contributed by atoms with Gasteiger partial charge in [0.1, 0.15) is 11.6 Å². The van der Waals surface area contributed by atoms with Gasteiger partial charge >= 0.3 is 5.97 Å². The van der Waals surface area contributed by atoms with E-state index < -0.39 is 5.97 Å². The molecule has 3 rings (SSSR count). The third-order valence-electron chi connectivity index (χ3n) is 4.19. The van der Waals surface area contributed by atoms with Crippen molar-refractivity contribution < 1.29 is 23.4 Å². The Labute approximate surface area is 189 Å². The fraction of sp³-hybridized carbons (Fsp3) is 0.0870. The molecule has 0 unspecified atom stereocenters. The summed E-state index contributed by atoms with van der Waals surface area (Å²) in [6.07, 6.45) is 1.55. The Morgan fingerprint density at radius 1 is 0.969 bits per heavy atom. The average Bonchev–Trinajstić information content (AvgIpc) is 2.81. The molecule has 0 fully saturated rings. The van der Waals surface area contributed by atoms with E-state index in [0.717, 1.165) is 5.56 Å². The number of halogens is 1. The van der Waals surface area contributed by atoms with E-state index in [-0.39, 0.29) is 10.9 Å². The van der Waals surface area contributed by atoms with Gasteiger partial charge in [-0.15, -0.1) is 0 Å². The number of thiocarbonyl (C=S) groups is 1. The lowest BCUT2D eigenvalue weighted by atomic mass is 10.2. The Hall–Kier alpha value is -3.98. The van der Waals surface area contributed by atoms with Crippen molar-refractivity contribution in [1.82, 2.24) is 5.43 Å². The summed E-state index contributed by atoms with van der Waals surface area (Å²) in [5.74, 6) is 0.487. The second kappa shape index (κ2) is 10.9. The third-order valence-corrected chi connectivity index (χ3v) is 4.39. The Bertz CT molecular complexity index is 1120. The maximum atomic E-state index is 12.9. The predicted octanol–water partition coefficient (Wildman–Crippen LogP) is 4.38. The van der Waals surface area contributed by atoms with Gasteiger partial charge in [-0.05, 0) is 84.5 Å².